The van der Waals surface area contributed by atoms with E-state index in [2.05, 4.69) is 48.8 Å². The van der Waals surface area contributed by atoms with Gasteiger partial charge in [-0.3, -0.25) is 0 Å². The van der Waals surface area contributed by atoms with Crippen LogP contribution in [-0.2, 0) is 6.42 Å². The van der Waals surface area contributed by atoms with Crippen LogP contribution in [0.15, 0.2) is 12.1 Å². The molecule has 1 aromatic heterocycles. The molecular weight excluding hydrogens is 256 g/mol. The Labute approximate surface area is 99.9 Å². The summed E-state index contributed by atoms with van der Waals surface area (Å²) in [6.45, 7) is 6.87. The molecule has 0 saturated carbocycles. The van der Waals surface area contributed by atoms with Crippen molar-refractivity contribution in [3.8, 4) is 0 Å². The molecule has 14 heavy (non-hydrogen) atoms. The molecule has 0 N–H and O–H groups in total. The Balaban J connectivity index is 2.58. The van der Waals surface area contributed by atoms with E-state index in [4.69, 9.17) is 0 Å². The van der Waals surface area contributed by atoms with Crippen LogP contribution in [0.25, 0.3) is 0 Å². The van der Waals surface area contributed by atoms with E-state index in [-0.39, 0.29) is 0 Å². The zero-order valence-electron chi connectivity index (χ0n) is 9.22. The third kappa shape index (κ3) is 3.74. The highest BCUT2D eigenvalue weighted by Crippen LogP contribution is 2.28. The summed E-state index contributed by atoms with van der Waals surface area (Å²) in [4.78, 5) is 3.08. The Hall–Kier alpha value is 0.180. The van der Waals surface area contributed by atoms with Crippen LogP contribution in [0.1, 0.15) is 42.9 Å². The van der Waals surface area contributed by atoms with E-state index in [1.54, 1.807) is 4.88 Å². The molecule has 0 aliphatic rings. The maximum absolute atomic E-state index is 3.50. The minimum Gasteiger partial charge on any atom is -0.145 e. The summed E-state index contributed by atoms with van der Waals surface area (Å²) in [6.07, 6.45) is 2.47. The lowest BCUT2D eigenvalue weighted by Crippen LogP contribution is -1.91. The predicted octanol–water partition coefficient (Wildman–Crippen LogP) is 4.84. The molecule has 0 aliphatic heterocycles. The second-order valence-electron chi connectivity index (χ2n) is 4.28. The highest BCUT2D eigenvalue weighted by molar-refractivity contribution is 9.09. The molecular formula is C12H19BrS. The summed E-state index contributed by atoms with van der Waals surface area (Å²) in [7, 11) is 0. The monoisotopic (exact) mass is 274 g/mol. The van der Waals surface area contributed by atoms with Gasteiger partial charge in [0.2, 0.25) is 0 Å². The molecule has 1 atom stereocenters. The van der Waals surface area contributed by atoms with Crippen molar-refractivity contribution in [2.24, 2.45) is 5.92 Å². The normalized spacial score (nSPS) is 13.5. The fourth-order valence-corrected chi connectivity index (χ4v) is 3.47. The Morgan fingerprint density at radius 3 is 2.57 bits per heavy atom. The molecule has 2 heteroatoms. The van der Waals surface area contributed by atoms with Crippen LogP contribution < -0.4 is 0 Å². The van der Waals surface area contributed by atoms with Crippen LogP contribution in [0.5, 0.6) is 0 Å². The standard InChI is InChI=1S/C12H19BrS/c1-9(2)8-11-4-5-12(14-11)10(3)6-7-13/h4-5,9-10H,6-8H2,1-3H3. The Kier molecular flexibility index (Phi) is 5.18. The molecule has 1 heterocycles. The average molecular weight is 275 g/mol. The molecule has 0 nitrogen and oxygen atoms in total. The molecule has 1 aromatic rings. The number of rotatable bonds is 5. The van der Waals surface area contributed by atoms with Crippen molar-refractivity contribution in [3.63, 3.8) is 0 Å². The summed E-state index contributed by atoms with van der Waals surface area (Å²) in [5.41, 5.74) is 0. The van der Waals surface area contributed by atoms with Gasteiger partial charge in [0.25, 0.3) is 0 Å². The van der Waals surface area contributed by atoms with Crippen LogP contribution in [-0.4, -0.2) is 5.33 Å². The van der Waals surface area contributed by atoms with Gasteiger partial charge in [0.15, 0.2) is 0 Å². The molecule has 0 aromatic carbocycles. The SMILES string of the molecule is CC(C)Cc1ccc(C(C)CCBr)s1. The first-order valence-electron chi connectivity index (χ1n) is 5.28. The molecule has 1 rings (SSSR count). The average Bonchev–Trinajstić information content (AvgIpc) is 2.52. The quantitative estimate of drug-likeness (QED) is 0.675. The maximum atomic E-state index is 3.50. The zero-order chi connectivity index (χ0) is 10.6. The van der Waals surface area contributed by atoms with Gasteiger partial charge in [-0.15, -0.1) is 11.3 Å². The van der Waals surface area contributed by atoms with Crippen LogP contribution >= 0.6 is 27.3 Å². The second kappa shape index (κ2) is 5.92. The van der Waals surface area contributed by atoms with Crippen LogP contribution in [0.2, 0.25) is 0 Å². The third-order valence-corrected chi connectivity index (χ3v) is 4.12. The van der Waals surface area contributed by atoms with Crippen molar-refractivity contribution >= 4 is 27.3 Å². The van der Waals surface area contributed by atoms with Gasteiger partial charge in [0.1, 0.15) is 0 Å². The number of alkyl halides is 1. The molecule has 0 amide bonds. The molecule has 0 aliphatic carbocycles. The van der Waals surface area contributed by atoms with Crippen molar-refractivity contribution in [3.05, 3.63) is 21.9 Å². The first-order chi connectivity index (χ1) is 6.63. The summed E-state index contributed by atoms with van der Waals surface area (Å²) < 4.78 is 0. The highest BCUT2D eigenvalue weighted by Gasteiger charge is 2.08. The van der Waals surface area contributed by atoms with E-state index < -0.39 is 0 Å². The second-order valence-corrected chi connectivity index (χ2v) is 6.27. The Morgan fingerprint density at radius 1 is 1.29 bits per heavy atom. The number of halogens is 1. The minimum absolute atomic E-state index is 0.709. The topological polar surface area (TPSA) is 0 Å². The number of hydrogen-bond acceptors (Lipinski definition) is 1. The van der Waals surface area contributed by atoms with Crippen molar-refractivity contribution in [1.29, 1.82) is 0 Å². The lowest BCUT2D eigenvalue weighted by molar-refractivity contribution is 0.654. The zero-order valence-corrected chi connectivity index (χ0v) is 11.6. The summed E-state index contributed by atoms with van der Waals surface area (Å²) in [5.74, 6) is 1.48. The van der Waals surface area contributed by atoms with Crippen molar-refractivity contribution in [1.82, 2.24) is 0 Å². The lowest BCUT2D eigenvalue weighted by Gasteiger charge is -2.05. The number of hydrogen-bond donors (Lipinski definition) is 0. The van der Waals surface area contributed by atoms with Crippen molar-refractivity contribution < 1.29 is 0 Å². The summed E-state index contributed by atoms with van der Waals surface area (Å²) >= 11 is 5.49. The smallest absolute Gasteiger partial charge is 0.00766 e. The van der Waals surface area contributed by atoms with Gasteiger partial charge in [0, 0.05) is 15.1 Å². The van der Waals surface area contributed by atoms with Gasteiger partial charge in [-0.25, -0.2) is 0 Å². The van der Waals surface area contributed by atoms with Crippen molar-refractivity contribution in [2.45, 2.75) is 39.5 Å². The molecule has 0 bridgehead atoms. The predicted molar refractivity (Wildman–Crippen MR) is 69.7 cm³/mol. The summed E-state index contributed by atoms with van der Waals surface area (Å²) in [6, 6.07) is 4.60. The van der Waals surface area contributed by atoms with Gasteiger partial charge in [-0.1, -0.05) is 36.7 Å². The first kappa shape index (κ1) is 12.3. The maximum Gasteiger partial charge on any atom is 0.00766 e. The molecule has 0 radical (unpaired) electrons. The Morgan fingerprint density at radius 2 is 2.00 bits per heavy atom. The largest absolute Gasteiger partial charge is 0.145 e. The third-order valence-electron chi connectivity index (χ3n) is 2.32. The fourth-order valence-electron chi connectivity index (χ4n) is 1.48. The lowest BCUT2D eigenvalue weighted by atomic mass is 10.1. The van der Waals surface area contributed by atoms with E-state index in [0.29, 0.717) is 5.92 Å². The first-order valence-corrected chi connectivity index (χ1v) is 7.21. The molecule has 0 spiro atoms. The van der Waals surface area contributed by atoms with E-state index in [1.165, 1.54) is 17.7 Å². The Bertz CT molecular complexity index is 265. The van der Waals surface area contributed by atoms with Crippen molar-refractivity contribution in [2.75, 3.05) is 5.33 Å². The van der Waals surface area contributed by atoms with E-state index in [9.17, 15) is 0 Å². The number of thiophene rings is 1. The van der Waals surface area contributed by atoms with E-state index in [1.807, 2.05) is 11.3 Å². The minimum atomic E-state index is 0.709. The van der Waals surface area contributed by atoms with Gasteiger partial charge < -0.3 is 0 Å². The van der Waals surface area contributed by atoms with Gasteiger partial charge in [0.05, 0.1) is 0 Å². The van der Waals surface area contributed by atoms with Gasteiger partial charge in [-0.2, -0.15) is 0 Å². The van der Waals surface area contributed by atoms with Gasteiger partial charge in [-0.05, 0) is 36.8 Å². The molecule has 1 unspecified atom stereocenters. The van der Waals surface area contributed by atoms with Gasteiger partial charge >= 0.3 is 0 Å². The highest BCUT2D eigenvalue weighted by atomic mass is 79.9. The van der Waals surface area contributed by atoms with Crippen LogP contribution in [0.3, 0.4) is 0 Å². The molecule has 0 saturated heterocycles. The van der Waals surface area contributed by atoms with Crippen LogP contribution in [0, 0.1) is 5.92 Å². The molecule has 0 fully saturated rings. The van der Waals surface area contributed by atoms with E-state index in [0.717, 1.165) is 11.2 Å². The summed E-state index contributed by atoms with van der Waals surface area (Å²) in [5, 5.41) is 1.10. The molecule has 80 valence electrons. The van der Waals surface area contributed by atoms with Crippen LogP contribution in [0.4, 0.5) is 0 Å². The fraction of sp³-hybridized carbons (Fsp3) is 0.667. The van der Waals surface area contributed by atoms with E-state index >= 15 is 0 Å².